The maximum atomic E-state index is 12.8. The third-order valence-corrected chi connectivity index (χ3v) is 4.71. The quantitative estimate of drug-likeness (QED) is 0.792. The maximum absolute atomic E-state index is 12.8. The van der Waals surface area contributed by atoms with Gasteiger partial charge < -0.3 is 16.0 Å². The van der Waals surface area contributed by atoms with E-state index in [2.05, 4.69) is 16.0 Å². The van der Waals surface area contributed by atoms with E-state index in [4.69, 9.17) is 0 Å². The van der Waals surface area contributed by atoms with E-state index in [0.717, 1.165) is 37.9 Å². The number of halogens is 1. The van der Waals surface area contributed by atoms with Gasteiger partial charge in [0, 0.05) is 12.6 Å². The normalized spacial score (nSPS) is 22.8. The SMILES string of the molecule is O=C(NCCc1ccc(F)cc1)NC1CC12CCNCC2. The van der Waals surface area contributed by atoms with Gasteiger partial charge in [-0.3, -0.25) is 0 Å². The summed E-state index contributed by atoms with van der Waals surface area (Å²) in [6.07, 6.45) is 4.15. The van der Waals surface area contributed by atoms with E-state index in [1.165, 1.54) is 12.1 Å². The molecule has 1 atom stereocenters. The van der Waals surface area contributed by atoms with Crippen LogP contribution in [0.1, 0.15) is 24.8 Å². The summed E-state index contributed by atoms with van der Waals surface area (Å²) in [5, 5.41) is 9.31. The molecular weight excluding hydrogens is 269 g/mol. The Hall–Kier alpha value is -1.62. The standard InChI is InChI=1S/C16H22FN3O/c17-13-3-1-12(2-4-13)5-8-19-15(21)20-14-11-16(14)6-9-18-10-7-16/h1-4,14,18H,5-11H2,(H2,19,20,21). The third kappa shape index (κ3) is 3.53. The molecule has 4 nitrogen and oxygen atoms in total. The van der Waals surface area contributed by atoms with Gasteiger partial charge >= 0.3 is 6.03 Å². The minimum absolute atomic E-state index is 0.0856. The highest BCUT2D eigenvalue weighted by molar-refractivity contribution is 5.74. The zero-order valence-electron chi connectivity index (χ0n) is 12.1. The van der Waals surface area contributed by atoms with Crippen LogP contribution in [0.4, 0.5) is 9.18 Å². The average molecular weight is 291 g/mol. The van der Waals surface area contributed by atoms with Gasteiger partial charge in [0.2, 0.25) is 0 Å². The molecule has 1 aliphatic carbocycles. The minimum atomic E-state index is -0.231. The van der Waals surface area contributed by atoms with Gasteiger partial charge in [0.05, 0.1) is 0 Å². The third-order valence-electron chi connectivity index (χ3n) is 4.71. The van der Waals surface area contributed by atoms with E-state index in [0.29, 0.717) is 24.4 Å². The number of benzene rings is 1. The fraction of sp³-hybridized carbons (Fsp3) is 0.562. The number of carbonyl (C=O) groups excluding carboxylic acids is 1. The van der Waals surface area contributed by atoms with Crippen LogP contribution in [0, 0.1) is 11.2 Å². The van der Waals surface area contributed by atoms with Gasteiger partial charge in [-0.1, -0.05) is 12.1 Å². The van der Waals surface area contributed by atoms with Gasteiger partial charge in [-0.15, -0.1) is 0 Å². The molecule has 5 heteroatoms. The smallest absolute Gasteiger partial charge is 0.315 e. The summed E-state index contributed by atoms with van der Waals surface area (Å²) < 4.78 is 12.8. The van der Waals surface area contributed by atoms with Crippen LogP contribution in [0.15, 0.2) is 24.3 Å². The highest BCUT2D eigenvalue weighted by Gasteiger charge is 2.54. The van der Waals surface area contributed by atoms with Crippen molar-refractivity contribution in [2.75, 3.05) is 19.6 Å². The topological polar surface area (TPSA) is 53.2 Å². The second-order valence-corrected chi connectivity index (χ2v) is 6.15. The molecule has 1 saturated heterocycles. The zero-order chi connectivity index (χ0) is 14.7. The largest absolute Gasteiger partial charge is 0.338 e. The Balaban J connectivity index is 1.36. The highest BCUT2D eigenvalue weighted by Crippen LogP contribution is 2.52. The molecule has 1 aliphatic heterocycles. The summed E-state index contributed by atoms with van der Waals surface area (Å²) in [7, 11) is 0. The Morgan fingerprint density at radius 1 is 1.29 bits per heavy atom. The number of urea groups is 1. The fourth-order valence-electron chi connectivity index (χ4n) is 3.21. The van der Waals surface area contributed by atoms with Gasteiger partial charge in [-0.05, 0) is 61.9 Å². The summed E-state index contributed by atoms with van der Waals surface area (Å²) in [4.78, 5) is 11.9. The molecule has 21 heavy (non-hydrogen) atoms. The number of amides is 2. The van der Waals surface area contributed by atoms with Crippen LogP contribution in [-0.4, -0.2) is 31.7 Å². The van der Waals surface area contributed by atoms with E-state index < -0.39 is 0 Å². The lowest BCUT2D eigenvalue weighted by Gasteiger charge is -2.23. The van der Waals surface area contributed by atoms with Crippen molar-refractivity contribution in [1.29, 1.82) is 0 Å². The summed E-state index contributed by atoms with van der Waals surface area (Å²) in [5.74, 6) is -0.231. The van der Waals surface area contributed by atoms with Crippen LogP contribution in [-0.2, 0) is 6.42 Å². The average Bonchev–Trinajstić information content (AvgIpc) is 3.13. The molecular formula is C16H22FN3O. The van der Waals surface area contributed by atoms with Crippen molar-refractivity contribution >= 4 is 6.03 Å². The zero-order valence-corrected chi connectivity index (χ0v) is 12.1. The highest BCUT2D eigenvalue weighted by atomic mass is 19.1. The van der Waals surface area contributed by atoms with E-state index in [-0.39, 0.29) is 11.8 Å². The van der Waals surface area contributed by atoms with E-state index >= 15 is 0 Å². The first kappa shape index (κ1) is 14.3. The summed E-state index contributed by atoms with van der Waals surface area (Å²) in [5.41, 5.74) is 1.39. The Kier molecular flexibility index (Phi) is 4.10. The maximum Gasteiger partial charge on any atom is 0.315 e. The Morgan fingerprint density at radius 3 is 2.71 bits per heavy atom. The molecule has 2 amide bonds. The van der Waals surface area contributed by atoms with Crippen LogP contribution in [0.2, 0.25) is 0 Å². The van der Waals surface area contributed by atoms with E-state index in [1.54, 1.807) is 12.1 Å². The molecule has 0 aromatic heterocycles. The van der Waals surface area contributed by atoms with Crippen LogP contribution in [0.25, 0.3) is 0 Å². The van der Waals surface area contributed by atoms with Crippen molar-refractivity contribution < 1.29 is 9.18 Å². The number of rotatable bonds is 4. The van der Waals surface area contributed by atoms with E-state index in [9.17, 15) is 9.18 Å². The van der Waals surface area contributed by atoms with Crippen molar-refractivity contribution in [2.45, 2.75) is 31.7 Å². The minimum Gasteiger partial charge on any atom is -0.338 e. The molecule has 1 spiro atoms. The van der Waals surface area contributed by atoms with Crippen LogP contribution >= 0.6 is 0 Å². The lowest BCUT2D eigenvalue weighted by atomic mass is 9.94. The van der Waals surface area contributed by atoms with Gasteiger partial charge in [-0.25, -0.2) is 9.18 Å². The van der Waals surface area contributed by atoms with Crippen molar-refractivity contribution in [3.63, 3.8) is 0 Å². The number of hydrogen-bond acceptors (Lipinski definition) is 2. The first-order valence-electron chi connectivity index (χ1n) is 7.67. The lowest BCUT2D eigenvalue weighted by molar-refractivity contribution is 0.236. The second-order valence-electron chi connectivity index (χ2n) is 6.15. The van der Waals surface area contributed by atoms with Crippen molar-refractivity contribution in [2.24, 2.45) is 5.41 Å². The summed E-state index contributed by atoms with van der Waals surface area (Å²) in [6.45, 7) is 2.69. The van der Waals surface area contributed by atoms with Crippen molar-refractivity contribution in [3.8, 4) is 0 Å². The molecule has 1 unspecified atom stereocenters. The first-order valence-corrected chi connectivity index (χ1v) is 7.67. The Morgan fingerprint density at radius 2 is 2.00 bits per heavy atom. The molecule has 1 heterocycles. The number of piperidine rings is 1. The van der Waals surface area contributed by atoms with E-state index in [1.807, 2.05) is 0 Å². The van der Waals surface area contributed by atoms with Crippen LogP contribution < -0.4 is 16.0 Å². The second kappa shape index (κ2) is 6.02. The molecule has 2 fully saturated rings. The summed E-state index contributed by atoms with van der Waals surface area (Å²) >= 11 is 0. The Bertz CT molecular complexity index is 497. The van der Waals surface area contributed by atoms with Crippen molar-refractivity contribution in [3.05, 3.63) is 35.6 Å². The van der Waals surface area contributed by atoms with Crippen LogP contribution in [0.3, 0.4) is 0 Å². The van der Waals surface area contributed by atoms with Crippen LogP contribution in [0.5, 0.6) is 0 Å². The lowest BCUT2D eigenvalue weighted by Crippen LogP contribution is -2.41. The summed E-state index contributed by atoms with van der Waals surface area (Å²) in [6, 6.07) is 6.64. The number of carbonyl (C=O) groups is 1. The number of nitrogens with one attached hydrogen (secondary N) is 3. The molecule has 3 N–H and O–H groups in total. The van der Waals surface area contributed by atoms with Gasteiger partial charge in [0.1, 0.15) is 5.82 Å². The molecule has 2 aliphatic rings. The molecule has 114 valence electrons. The van der Waals surface area contributed by atoms with Gasteiger partial charge in [-0.2, -0.15) is 0 Å². The predicted octanol–water partition coefficient (Wildman–Crippen LogP) is 1.81. The van der Waals surface area contributed by atoms with Crippen molar-refractivity contribution in [1.82, 2.24) is 16.0 Å². The Labute approximate surface area is 124 Å². The first-order chi connectivity index (χ1) is 10.2. The molecule has 1 aromatic carbocycles. The van der Waals surface area contributed by atoms with Gasteiger partial charge in [0.25, 0.3) is 0 Å². The predicted molar refractivity (Wildman–Crippen MR) is 79.6 cm³/mol. The molecule has 1 aromatic rings. The fourth-order valence-corrected chi connectivity index (χ4v) is 3.21. The molecule has 0 bridgehead atoms. The molecule has 0 radical (unpaired) electrons. The molecule has 1 saturated carbocycles. The number of hydrogen-bond donors (Lipinski definition) is 3. The van der Waals surface area contributed by atoms with Gasteiger partial charge in [0.15, 0.2) is 0 Å². The molecule has 3 rings (SSSR count). The monoisotopic (exact) mass is 291 g/mol.